The topological polar surface area (TPSA) is 169 Å². The molecule has 0 saturated heterocycles. The molecule has 12 heteroatoms. The van der Waals surface area contributed by atoms with Gasteiger partial charge in [-0.3, -0.25) is 18.6 Å². The van der Waals surface area contributed by atoms with Crippen LogP contribution in [0.5, 0.6) is 0 Å². The summed E-state index contributed by atoms with van der Waals surface area (Å²) in [4.78, 5) is 34.9. The Morgan fingerprint density at radius 3 is 1.89 bits per heavy atom. The number of carbonyl (C=O) groups excluding carboxylic acids is 2. The first kappa shape index (κ1) is 51.6. The monoisotopic (exact) mass is 784 g/mol. The molecule has 0 fully saturated rings. The van der Waals surface area contributed by atoms with E-state index in [1.807, 2.05) is 18.2 Å². The lowest BCUT2D eigenvalue weighted by Gasteiger charge is -2.20. The normalized spacial score (nSPS) is 15.1. The second-order valence-corrected chi connectivity index (χ2v) is 15.0. The average Bonchev–Trinajstić information content (AvgIpc) is 3.15. The van der Waals surface area contributed by atoms with Crippen molar-refractivity contribution in [3.63, 3.8) is 0 Å². The Hall–Kier alpha value is -2.37. The van der Waals surface area contributed by atoms with Gasteiger partial charge in [0.1, 0.15) is 12.7 Å². The van der Waals surface area contributed by atoms with Gasteiger partial charge in [0.2, 0.25) is 0 Å². The minimum Gasteiger partial charge on any atom is -0.462 e. The quantitative estimate of drug-likeness (QED) is 0.0156. The molecule has 0 bridgehead atoms. The molecular weight excluding hydrogens is 711 g/mol. The number of carbonyl (C=O) groups is 2. The van der Waals surface area contributed by atoms with Gasteiger partial charge in [-0.15, -0.1) is 0 Å². The van der Waals surface area contributed by atoms with E-state index in [9.17, 15) is 29.3 Å². The summed E-state index contributed by atoms with van der Waals surface area (Å²) in [5, 5.41) is 28.4. The molecule has 0 aromatic carbocycles. The van der Waals surface area contributed by atoms with Gasteiger partial charge in [-0.25, -0.2) is 4.57 Å². The average molecular weight is 785 g/mol. The molecule has 0 saturated carbocycles. The Morgan fingerprint density at radius 2 is 1.19 bits per heavy atom. The summed E-state index contributed by atoms with van der Waals surface area (Å²) < 4.78 is 32.5. The molecule has 0 amide bonds. The van der Waals surface area contributed by atoms with E-state index >= 15 is 0 Å². The van der Waals surface area contributed by atoms with Crippen LogP contribution < -0.4 is 0 Å². The first-order chi connectivity index (χ1) is 26.1. The number of hydrogen-bond acceptors (Lipinski definition) is 10. The lowest BCUT2D eigenvalue weighted by molar-refractivity contribution is -0.161. The molecule has 2 unspecified atom stereocenters. The highest BCUT2D eigenvalue weighted by Gasteiger charge is 2.27. The first-order valence-electron chi connectivity index (χ1n) is 20.4. The molecule has 0 rings (SSSR count). The maximum absolute atomic E-state index is 12.6. The summed E-state index contributed by atoms with van der Waals surface area (Å²) in [5.74, 6) is -1.07. The van der Waals surface area contributed by atoms with Crippen molar-refractivity contribution >= 4 is 19.8 Å². The molecular formula is C42H73O11P. The number of unbranched alkanes of at least 4 members (excludes halogenated alkanes) is 13. The number of phosphoric acid groups is 1. The van der Waals surface area contributed by atoms with Gasteiger partial charge in [-0.1, -0.05) is 126 Å². The van der Waals surface area contributed by atoms with Crippen LogP contribution in [0.15, 0.2) is 60.8 Å². The second kappa shape index (κ2) is 37.5. The van der Waals surface area contributed by atoms with Crippen LogP contribution in [0.4, 0.5) is 0 Å². The zero-order chi connectivity index (χ0) is 40.0. The minimum atomic E-state index is -4.66. The molecule has 4 atom stereocenters. The van der Waals surface area contributed by atoms with Crippen LogP contribution in [0.3, 0.4) is 0 Å². The fraction of sp³-hybridized carbons (Fsp3) is 0.714. The number of phosphoric ester groups is 1. The maximum atomic E-state index is 12.6. The SMILES string of the molecule is CCCCC/C=C\C/C=C\CC(O)/C=C\C=C\CCCC(=O)O[C@H](COC(=O)CCCCCCC/C=C\CCCCCC)COP(=O)(O)OC[C@@H](O)CO. The standard InChI is InChI=1S/C42H73O11P/c1-3-5-7-9-11-13-14-15-16-18-20-24-28-32-41(46)50-36-40(37-52-54(48,49)51-35-39(45)34-43)53-42(47)33-29-25-21-23-27-31-38(44)30-26-22-19-17-12-10-8-6-4-2/h12-14,17,21-23,26-27,31,38-40,43-45H,3-11,15-16,18-20,24-25,28-30,32-37H2,1-2H3,(H,48,49)/b14-13-,17-12-,23-21+,26-22-,31-27-/t38?,39-,40+/m0/s1. The smallest absolute Gasteiger partial charge is 0.462 e. The molecule has 0 aromatic heterocycles. The predicted octanol–water partition coefficient (Wildman–Crippen LogP) is 9.30. The van der Waals surface area contributed by atoms with Crippen molar-refractivity contribution < 1.29 is 52.9 Å². The summed E-state index contributed by atoms with van der Waals surface area (Å²) >= 11 is 0. The highest BCUT2D eigenvalue weighted by Crippen LogP contribution is 2.43. The molecule has 0 spiro atoms. The van der Waals surface area contributed by atoms with Gasteiger partial charge < -0.3 is 29.7 Å². The first-order valence-corrected chi connectivity index (χ1v) is 21.8. The number of allylic oxidation sites excluding steroid dienone is 8. The molecule has 54 heavy (non-hydrogen) atoms. The van der Waals surface area contributed by atoms with Crippen molar-refractivity contribution in [2.24, 2.45) is 0 Å². The molecule has 0 aliphatic heterocycles. The van der Waals surface area contributed by atoms with E-state index in [0.29, 0.717) is 25.7 Å². The van der Waals surface area contributed by atoms with Gasteiger partial charge >= 0.3 is 19.8 Å². The summed E-state index contributed by atoms with van der Waals surface area (Å²) in [6.45, 7) is 2.13. The van der Waals surface area contributed by atoms with E-state index in [1.165, 1.54) is 44.9 Å². The Kier molecular flexibility index (Phi) is 35.9. The van der Waals surface area contributed by atoms with Gasteiger partial charge in [0.15, 0.2) is 6.10 Å². The zero-order valence-electron chi connectivity index (χ0n) is 33.3. The van der Waals surface area contributed by atoms with Crippen molar-refractivity contribution in [2.45, 2.75) is 167 Å². The number of ether oxygens (including phenoxy) is 2. The van der Waals surface area contributed by atoms with Crippen LogP contribution in [0.1, 0.15) is 149 Å². The van der Waals surface area contributed by atoms with Crippen LogP contribution in [0.2, 0.25) is 0 Å². The number of hydrogen-bond donors (Lipinski definition) is 4. The molecule has 0 aliphatic rings. The van der Waals surface area contributed by atoms with Gasteiger partial charge in [-0.2, -0.15) is 0 Å². The molecule has 0 aliphatic carbocycles. The Bertz CT molecular complexity index is 1100. The van der Waals surface area contributed by atoms with Gasteiger partial charge in [0, 0.05) is 12.8 Å². The fourth-order valence-corrected chi connectivity index (χ4v) is 5.79. The summed E-state index contributed by atoms with van der Waals surface area (Å²) in [7, 11) is -4.66. The van der Waals surface area contributed by atoms with Crippen molar-refractivity contribution in [1.29, 1.82) is 0 Å². The van der Waals surface area contributed by atoms with Crippen LogP contribution in [-0.4, -0.2) is 76.9 Å². The lowest BCUT2D eigenvalue weighted by atomic mass is 10.1. The van der Waals surface area contributed by atoms with E-state index < -0.39 is 57.9 Å². The predicted molar refractivity (Wildman–Crippen MR) is 216 cm³/mol. The van der Waals surface area contributed by atoms with Gasteiger partial charge in [0.25, 0.3) is 0 Å². The molecule has 4 N–H and O–H groups in total. The summed E-state index contributed by atoms with van der Waals surface area (Å²) in [6.07, 6.45) is 36.5. The van der Waals surface area contributed by atoms with E-state index in [-0.39, 0.29) is 19.4 Å². The van der Waals surface area contributed by atoms with Crippen molar-refractivity contribution in [3.05, 3.63) is 60.8 Å². The third-order valence-corrected chi connectivity index (χ3v) is 9.18. The third kappa shape index (κ3) is 36.6. The molecule has 0 heterocycles. The Labute approximate surface area is 326 Å². The van der Waals surface area contributed by atoms with Crippen LogP contribution in [0, 0.1) is 0 Å². The van der Waals surface area contributed by atoms with Crippen molar-refractivity contribution in [3.8, 4) is 0 Å². The highest BCUT2D eigenvalue weighted by atomic mass is 31.2. The third-order valence-electron chi connectivity index (χ3n) is 8.22. The fourth-order valence-electron chi connectivity index (χ4n) is 5.00. The van der Waals surface area contributed by atoms with Crippen LogP contribution >= 0.6 is 7.82 Å². The van der Waals surface area contributed by atoms with E-state index in [1.54, 1.807) is 18.2 Å². The molecule has 312 valence electrons. The van der Waals surface area contributed by atoms with E-state index in [2.05, 4.69) is 42.7 Å². The lowest BCUT2D eigenvalue weighted by Crippen LogP contribution is -2.29. The Morgan fingerprint density at radius 1 is 0.630 bits per heavy atom. The number of aliphatic hydroxyl groups excluding tert-OH is 3. The van der Waals surface area contributed by atoms with Crippen molar-refractivity contribution in [2.75, 3.05) is 26.4 Å². The summed E-state index contributed by atoms with van der Waals surface area (Å²) in [6, 6.07) is 0. The largest absolute Gasteiger partial charge is 0.472 e. The second-order valence-electron chi connectivity index (χ2n) is 13.5. The van der Waals surface area contributed by atoms with Gasteiger partial charge in [0.05, 0.1) is 25.9 Å². The number of esters is 2. The Balaban J connectivity index is 4.56. The number of aliphatic hydroxyl groups is 3. The maximum Gasteiger partial charge on any atom is 0.472 e. The zero-order valence-corrected chi connectivity index (χ0v) is 34.2. The van der Waals surface area contributed by atoms with E-state index in [0.717, 1.165) is 51.4 Å². The number of rotatable bonds is 37. The summed E-state index contributed by atoms with van der Waals surface area (Å²) in [5.41, 5.74) is 0. The van der Waals surface area contributed by atoms with Crippen LogP contribution in [-0.2, 0) is 32.7 Å². The minimum absolute atomic E-state index is 0.0453. The molecule has 11 nitrogen and oxygen atoms in total. The van der Waals surface area contributed by atoms with Crippen LogP contribution in [0.25, 0.3) is 0 Å². The van der Waals surface area contributed by atoms with Crippen molar-refractivity contribution in [1.82, 2.24) is 0 Å². The molecule has 0 aromatic rings. The highest BCUT2D eigenvalue weighted by molar-refractivity contribution is 7.47. The molecule has 0 radical (unpaired) electrons. The van der Waals surface area contributed by atoms with Gasteiger partial charge in [-0.05, 0) is 70.6 Å². The van der Waals surface area contributed by atoms with E-state index in [4.69, 9.17) is 19.1 Å².